The molecule has 0 aromatic heterocycles. The van der Waals surface area contributed by atoms with Crippen LogP contribution in [0.15, 0.2) is 24.3 Å². The fraction of sp³-hybridized carbons (Fsp3) is 0.538. The van der Waals surface area contributed by atoms with Gasteiger partial charge in [0.1, 0.15) is 5.82 Å². The molecular weight excluding hydrogens is 189 g/mol. The van der Waals surface area contributed by atoms with E-state index >= 15 is 0 Å². The van der Waals surface area contributed by atoms with Gasteiger partial charge in [0.05, 0.1) is 0 Å². The van der Waals surface area contributed by atoms with Gasteiger partial charge in [-0.1, -0.05) is 24.6 Å². The first kappa shape index (κ1) is 9.34. The Kier molecular flexibility index (Phi) is 2.06. The van der Waals surface area contributed by atoms with E-state index in [1.54, 1.807) is 12.1 Å². The summed E-state index contributed by atoms with van der Waals surface area (Å²) < 4.78 is 13.7. The van der Waals surface area contributed by atoms with E-state index in [-0.39, 0.29) is 11.4 Å². The molecule has 0 aliphatic heterocycles. The molecule has 1 nitrogen and oxygen atoms in total. The van der Waals surface area contributed by atoms with Crippen molar-refractivity contribution >= 4 is 0 Å². The SMILES string of the molecule is Fc1ccccc1C1(NC2CCC2)CC1. The lowest BCUT2D eigenvalue weighted by Crippen LogP contribution is -2.42. The highest BCUT2D eigenvalue weighted by Crippen LogP contribution is 2.47. The maximum absolute atomic E-state index is 13.7. The van der Waals surface area contributed by atoms with Crippen molar-refractivity contribution in [1.29, 1.82) is 0 Å². The summed E-state index contributed by atoms with van der Waals surface area (Å²) in [6, 6.07) is 7.82. The van der Waals surface area contributed by atoms with Gasteiger partial charge in [0.25, 0.3) is 0 Å². The highest BCUT2D eigenvalue weighted by Gasteiger charge is 2.47. The van der Waals surface area contributed by atoms with Gasteiger partial charge < -0.3 is 5.32 Å². The molecular formula is C13H16FN. The van der Waals surface area contributed by atoms with E-state index in [2.05, 4.69) is 5.32 Å². The molecule has 0 atom stereocenters. The van der Waals surface area contributed by atoms with Crippen molar-refractivity contribution in [3.8, 4) is 0 Å². The van der Waals surface area contributed by atoms with E-state index in [4.69, 9.17) is 0 Å². The molecule has 80 valence electrons. The lowest BCUT2D eigenvalue weighted by Gasteiger charge is -2.32. The first-order valence-electron chi connectivity index (χ1n) is 5.83. The zero-order chi connectivity index (χ0) is 10.3. The topological polar surface area (TPSA) is 12.0 Å². The third kappa shape index (κ3) is 1.57. The third-order valence-electron chi connectivity index (χ3n) is 3.73. The quantitative estimate of drug-likeness (QED) is 0.800. The third-order valence-corrected chi connectivity index (χ3v) is 3.73. The molecule has 2 heteroatoms. The van der Waals surface area contributed by atoms with Crippen LogP contribution >= 0.6 is 0 Å². The molecule has 2 fully saturated rings. The molecule has 1 aromatic carbocycles. The lowest BCUT2D eigenvalue weighted by molar-refractivity contribution is 0.291. The van der Waals surface area contributed by atoms with Gasteiger partial charge in [-0.05, 0) is 31.7 Å². The van der Waals surface area contributed by atoms with E-state index in [1.165, 1.54) is 19.3 Å². The molecule has 0 spiro atoms. The standard InChI is InChI=1S/C13H16FN/c14-12-7-2-1-6-11(12)13(8-9-13)15-10-4-3-5-10/h1-2,6-7,10,15H,3-5,8-9H2. The summed E-state index contributed by atoms with van der Waals surface area (Å²) in [5, 5.41) is 3.62. The van der Waals surface area contributed by atoms with Crippen molar-refractivity contribution in [2.45, 2.75) is 43.7 Å². The zero-order valence-electron chi connectivity index (χ0n) is 8.80. The molecule has 3 rings (SSSR count). The average Bonchev–Trinajstić information content (AvgIpc) is 2.94. The summed E-state index contributed by atoms with van der Waals surface area (Å²) in [6.45, 7) is 0. The van der Waals surface area contributed by atoms with Crippen LogP contribution < -0.4 is 5.32 Å². The maximum Gasteiger partial charge on any atom is 0.128 e. The fourth-order valence-corrected chi connectivity index (χ4v) is 2.41. The van der Waals surface area contributed by atoms with Crippen molar-refractivity contribution in [2.75, 3.05) is 0 Å². The Balaban J connectivity index is 1.83. The van der Waals surface area contributed by atoms with Crippen LogP contribution in [-0.4, -0.2) is 6.04 Å². The highest BCUT2D eigenvalue weighted by molar-refractivity contribution is 5.31. The number of hydrogen-bond donors (Lipinski definition) is 1. The molecule has 0 amide bonds. The molecule has 2 aliphatic carbocycles. The first-order chi connectivity index (χ1) is 7.30. The Labute approximate surface area is 89.7 Å². The molecule has 0 heterocycles. The first-order valence-corrected chi connectivity index (χ1v) is 5.83. The second-order valence-corrected chi connectivity index (χ2v) is 4.83. The number of rotatable bonds is 3. The van der Waals surface area contributed by atoms with Gasteiger partial charge in [0.2, 0.25) is 0 Å². The molecule has 0 unspecified atom stereocenters. The monoisotopic (exact) mass is 205 g/mol. The second-order valence-electron chi connectivity index (χ2n) is 4.83. The van der Waals surface area contributed by atoms with E-state index in [0.717, 1.165) is 18.4 Å². The minimum Gasteiger partial charge on any atom is -0.304 e. The second kappa shape index (κ2) is 3.31. The Morgan fingerprint density at radius 3 is 2.47 bits per heavy atom. The Bertz CT molecular complexity index is 367. The zero-order valence-corrected chi connectivity index (χ0v) is 8.80. The summed E-state index contributed by atoms with van der Waals surface area (Å²) >= 11 is 0. The van der Waals surface area contributed by atoms with E-state index < -0.39 is 0 Å². The summed E-state index contributed by atoms with van der Waals surface area (Å²) in [5.74, 6) is -0.0539. The van der Waals surface area contributed by atoms with Crippen LogP contribution in [0.4, 0.5) is 4.39 Å². The lowest BCUT2D eigenvalue weighted by atomic mass is 9.90. The molecule has 2 saturated carbocycles. The smallest absolute Gasteiger partial charge is 0.128 e. The summed E-state index contributed by atoms with van der Waals surface area (Å²) in [6.07, 6.45) is 6.02. The predicted molar refractivity (Wildman–Crippen MR) is 58.1 cm³/mol. The number of hydrogen-bond acceptors (Lipinski definition) is 1. The normalized spacial score (nSPS) is 23.5. The van der Waals surface area contributed by atoms with Crippen LogP contribution in [0.3, 0.4) is 0 Å². The Hall–Kier alpha value is -0.890. The van der Waals surface area contributed by atoms with E-state index in [0.29, 0.717) is 6.04 Å². The predicted octanol–water partition coefficient (Wildman–Crippen LogP) is 2.96. The molecule has 15 heavy (non-hydrogen) atoms. The van der Waals surface area contributed by atoms with E-state index in [1.807, 2.05) is 12.1 Å². The molecule has 1 N–H and O–H groups in total. The fourth-order valence-electron chi connectivity index (χ4n) is 2.41. The largest absolute Gasteiger partial charge is 0.304 e. The van der Waals surface area contributed by atoms with Gasteiger partial charge in [-0.2, -0.15) is 0 Å². The van der Waals surface area contributed by atoms with Gasteiger partial charge in [-0.25, -0.2) is 4.39 Å². The van der Waals surface area contributed by atoms with Crippen molar-refractivity contribution in [3.63, 3.8) is 0 Å². The van der Waals surface area contributed by atoms with Gasteiger partial charge in [-0.15, -0.1) is 0 Å². The van der Waals surface area contributed by atoms with Crippen LogP contribution in [0.2, 0.25) is 0 Å². The van der Waals surface area contributed by atoms with Crippen LogP contribution in [0.1, 0.15) is 37.7 Å². The number of nitrogens with one attached hydrogen (secondary N) is 1. The minimum absolute atomic E-state index is 0.0174. The van der Waals surface area contributed by atoms with Gasteiger partial charge in [0.15, 0.2) is 0 Å². The van der Waals surface area contributed by atoms with Gasteiger partial charge >= 0.3 is 0 Å². The molecule has 0 radical (unpaired) electrons. The Morgan fingerprint density at radius 2 is 1.93 bits per heavy atom. The van der Waals surface area contributed by atoms with Crippen LogP contribution in [0, 0.1) is 5.82 Å². The molecule has 0 bridgehead atoms. The van der Waals surface area contributed by atoms with Gasteiger partial charge in [0, 0.05) is 17.1 Å². The molecule has 0 saturated heterocycles. The molecule has 1 aromatic rings. The van der Waals surface area contributed by atoms with Crippen molar-refractivity contribution < 1.29 is 4.39 Å². The average molecular weight is 205 g/mol. The van der Waals surface area contributed by atoms with Crippen molar-refractivity contribution in [2.24, 2.45) is 0 Å². The Morgan fingerprint density at radius 1 is 1.20 bits per heavy atom. The highest BCUT2D eigenvalue weighted by atomic mass is 19.1. The summed E-state index contributed by atoms with van der Waals surface area (Å²) in [4.78, 5) is 0. The van der Waals surface area contributed by atoms with E-state index in [9.17, 15) is 4.39 Å². The van der Waals surface area contributed by atoms with Crippen molar-refractivity contribution in [3.05, 3.63) is 35.6 Å². The van der Waals surface area contributed by atoms with Crippen molar-refractivity contribution in [1.82, 2.24) is 5.32 Å². The van der Waals surface area contributed by atoms with Crippen LogP contribution in [-0.2, 0) is 5.54 Å². The van der Waals surface area contributed by atoms with Gasteiger partial charge in [-0.3, -0.25) is 0 Å². The molecule has 2 aliphatic rings. The van der Waals surface area contributed by atoms with Crippen LogP contribution in [0.5, 0.6) is 0 Å². The minimum atomic E-state index is -0.0539. The van der Waals surface area contributed by atoms with Crippen LogP contribution in [0.25, 0.3) is 0 Å². The summed E-state index contributed by atoms with van der Waals surface area (Å²) in [7, 11) is 0. The number of halogens is 1. The number of benzene rings is 1. The summed E-state index contributed by atoms with van der Waals surface area (Å²) in [5.41, 5.74) is 0.855. The maximum atomic E-state index is 13.7.